The second kappa shape index (κ2) is 11.3. The molecule has 4 N–H and O–H groups in total. The molecule has 0 bridgehead atoms. The van der Waals surface area contributed by atoms with Crippen LogP contribution in [0.1, 0.15) is 25.7 Å². The van der Waals surface area contributed by atoms with Gasteiger partial charge in [0.1, 0.15) is 11.6 Å². The van der Waals surface area contributed by atoms with Gasteiger partial charge in [0.15, 0.2) is 0 Å². The molecule has 10 heteroatoms. The molecule has 1 aliphatic carbocycles. The molecule has 1 fully saturated rings. The third-order valence-corrected chi connectivity index (χ3v) is 5.93. The van der Waals surface area contributed by atoms with Crippen molar-refractivity contribution in [3.63, 3.8) is 0 Å². The van der Waals surface area contributed by atoms with Crippen molar-refractivity contribution >= 4 is 46.6 Å². The summed E-state index contributed by atoms with van der Waals surface area (Å²) in [6.45, 7) is 0.995. The highest BCUT2D eigenvalue weighted by atomic mass is 35.5. The van der Waals surface area contributed by atoms with Crippen molar-refractivity contribution in [2.24, 2.45) is 11.8 Å². The van der Waals surface area contributed by atoms with Gasteiger partial charge in [0.2, 0.25) is 0 Å². The van der Waals surface area contributed by atoms with Crippen LogP contribution >= 0.6 is 23.2 Å². The molecule has 2 aromatic rings. The first-order valence-corrected chi connectivity index (χ1v) is 11.1. The second-order valence-corrected chi connectivity index (χ2v) is 8.64. The SMILES string of the molecule is O=C(NC[C@@H]1CCC[C@@H](CNC(=O)Nc2ccc(F)c(Cl)c2)C1)Nc1ccc(F)c(Cl)c1. The van der Waals surface area contributed by atoms with Crippen LogP contribution in [-0.2, 0) is 0 Å². The van der Waals surface area contributed by atoms with Crippen LogP contribution in [0.2, 0.25) is 10.0 Å². The van der Waals surface area contributed by atoms with Crippen LogP contribution in [-0.4, -0.2) is 25.2 Å². The smallest absolute Gasteiger partial charge is 0.319 e. The molecule has 6 nitrogen and oxygen atoms in total. The van der Waals surface area contributed by atoms with E-state index >= 15 is 0 Å². The number of anilines is 2. The van der Waals surface area contributed by atoms with E-state index in [0.717, 1.165) is 25.7 Å². The summed E-state index contributed by atoms with van der Waals surface area (Å²) >= 11 is 11.4. The Morgan fingerprint density at radius 3 is 1.66 bits per heavy atom. The lowest BCUT2D eigenvalue weighted by molar-refractivity contribution is 0.230. The van der Waals surface area contributed by atoms with E-state index in [-0.39, 0.29) is 33.9 Å². The molecule has 0 aromatic heterocycles. The molecule has 4 amide bonds. The number of urea groups is 2. The monoisotopic (exact) mass is 484 g/mol. The maximum atomic E-state index is 13.2. The maximum Gasteiger partial charge on any atom is 0.319 e. The largest absolute Gasteiger partial charge is 0.338 e. The van der Waals surface area contributed by atoms with Gasteiger partial charge in [-0.2, -0.15) is 0 Å². The van der Waals surface area contributed by atoms with Gasteiger partial charge >= 0.3 is 12.1 Å². The molecule has 0 spiro atoms. The van der Waals surface area contributed by atoms with E-state index < -0.39 is 11.6 Å². The quantitative estimate of drug-likeness (QED) is 0.404. The van der Waals surface area contributed by atoms with Gasteiger partial charge in [-0.15, -0.1) is 0 Å². The van der Waals surface area contributed by atoms with E-state index in [1.54, 1.807) is 0 Å². The predicted molar refractivity (Wildman–Crippen MR) is 122 cm³/mol. The molecular formula is C22H24Cl2F2N4O2. The van der Waals surface area contributed by atoms with Crippen molar-refractivity contribution in [2.45, 2.75) is 25.7 Å². The van der Waals surface area contributed by atoms with Gasteiger partial charge in [-0.25, -0.2) is 18.4 Å². The lowest BCUT2D eigenvalue weighted by atomic mass is 9.81. The van der Waals surface area contributed by atoms with E-state index in [4.69, 9.17) is 23.2 Å². The number of benzene rings is 2. The van der Waals surface area contributed by atoms with Crippen LogP contribution in [0.4, 0.5) is 29.7 Å². The average molecular weight is 485 g/mol. The highest BCUT2D eigenvalue weighted by Crippen LogP contribution is 2.28. The van der Waals surface area contributed by atoms with Crippen LogP contribution in [0.15, 0.2) is 36.4 Å². The Bertz CT molecular complexity index is 901. The Morgan fingerprint density at radius 1 is 0.812 bits per heavy atom. The molecule has 1 saturated carbocycles. The normalized spacial score (nSPS) is 18.0. The van der Waals surface area contributed by atoms with E-state index in [1.165, 1.54) is 36.4 Å². The number of halogens is 4. The van der Waals surface area contributed by atoms with Crippen LogP contribution in [0.3, 0.4) is 0 Å². The number of hydrogen-bond acceptors (Lipinski definition) is 2. The summed E-state index contributed by atoms with van der Waals surface area (Å²) in [4.78, 5) is 24.2. The zero-order valence-corrected chi connectivity index (χ0v) is 18.7. The van der Waals surface area contributed by atoms with Gasteiger partial charge in [0, 0.05) is 24.5 Å². The fraction of sp³-hybridized carbons (Fsp3) is 0.364. The molecular weight excluding hydrogens is 461 g/mol. The van der Waals surface area contributed by atoms with Crippen molar-refractivity contribution in [3.8, 4) is 0 Å². The van der Waals surface area contributed by atoms with Crippen molar-refractivity contribution in [1.29, 1.82) is 0 Å². The Hall–Kier alpha value is -2.58. The first-order valence-electron chi connectivity index (χ1n) is 10.3. The Labute approximate surface area is 195 Å². The first-order chi connectivity index (χ1) is 15.3. The van der Waals surface area contributed by atoms with Crippen molar-refractivity contribution in [3.05, 3.63) is 58.1 Å². The highest BCUT2D eigenvalue weighted by Gasteiger charge is 2.23. The third kappa shape index (κ3) is 7.24. The fourth-order valence-electron chi connectivity index (χ4n) is 3.75. The molecule has 172 valence electrons. The zero-order valence-electron chi connectivity index (χ0n) is 17.2. The van der Waals surface area contributed by atoms with Crippen LogP contribution in [0, 0.1) is 23.5 Å². The fourth-order valence-corrected chi connectivity index (χ4v) is 4.11. The van der Waals surface area contributed by atoms with Crippen molar-refractivity contribution in [1.82, 2.24) is 10.6 Å². The standard InChI is InChI=1S/C22H24Cl2F2N4O2/c23-17-9-15(4-6-19(17)25)29-21(31)27-11-13-2-1-3-14(8-13)12-28-22(32)30-16-5-7-20(26)18(24)10-16/h4-7,9-10,13-14H,1-3,8,11-12H2,(H2,27,29,31)(H2,28,30,32)/t13-,14-/m1/s1. The summed E-state index contributed by atoms with van der Waals surface area (Å²) in [5, 5.41) is 10.8. The van der Waals surface area contributed by atoms with Gasteiger partial charge in [0.05, 0.1) is 10.0 Å². The van der Waals surface area contributed by atoms with Crippen LogP contribution in [0.25, 0.3) is 0 Å². The molecule has 2 aromatic carbocycles. The minimum absolute atomic E-state index is 0.0583. The summed E-state index contributed by atoms with van der Waals surface area (Å²) in [6, 6.07) is 7.19. The second-order valence-electron chi connectivity index (χ2n) is 7.83. The van der Waals surface area contributed by atoms with Gasteiger partial charge in [-0.05, 0) is 67.5 Å². The number of carbonyl (C=O) groups excluding carboxylic acids is 2. The summed E-state index contributed by atoms with van der Waals surface area (Å²) in [6.07, 6.45) is 3.84. The molecule has 1 aliphatic rings. The lowest BCUT2D eigenvalue weighted by Crippen LogP contribution is -2.38. The maximum absolute atomic E-state index is 13.2. The summed E-state index contributed by atoms with van der Waals surface area (Å²) in [7, 11) is 0. The Kier molecular flexibility index (Phi) is 8.53. The number of rotatable bonds is 6. The molecule has 32 heavy (non-hydrogen) atoms. The van der Waals surface area contributed by atoms with Gasteiger partial charge in [-0.1, -0.05) is 29.6 Å². The van der Waals surface area contributed by atoms with Crippen molar-refractivity contribution < 1.29 is 18.4 Å². The molecule has 0 aliphatic heterocycles. The number of carbonyl (C=O) groups is 2. The predicted octanol–water partition coefficient (Wildman–Crippen LogP) is 6.02. The zero-order chi connectivity index (χ0) is 23.1. The summed E-state index contributed by atoms with van der Waals surface area (Å²) < 4.78 is 26.4. The third-order valence-electron chi connectivity index (χ3n) is 5.35. The van der Waals surface area contributed by atoms with E-state index in [9.17, 15) is 18.4 Å². The topological polar surface area (TPSA) is 82.3 Å². The van der Waals surface area contributed by atoms with Crippen LogP contribution < -0.4 is 21.3 Å². The van der Waals surface area contributed by atoms with E-state index in [2.05, 4.69) is 21.3 Å². The highest BCUT2D eigenvalue weighted by molar-refractivity contribution is 6.31. The van der Waals surface area contributed by atoms with E-state index in [1.807, 2.05) is 0 Å². The number of nitrogens with one attached hydrogen (secondary N) is 4. The van der Waals surface area contributed by atoms with E-state index in [0.29, 0.717) is 24.5 Å². The minimum atomic E-state index is -0.547. The van der Waals surface area contributed by atoms with Crippen LogP contribution in [0.5, 0.6) is 0 Å². The summed E-state index contributed by atoms with van der Waals surface area (Å²) in [5.41, 5.74) is 0.821. The number of amides is 4. The molecule has 2 atom stereocenters. The molecule has 0 heterocycles. The number of hydrogen-bond donors (Lipinski definition) is 4. The first kappa shape index (κ1) is 24.1. The molecule has 0 unspecified atom stereocenters. The molecule has 0 radical (unpaired) electrons. The molecule has 3 rings (SSSR count). The van der Waals surface area contributed by atoms with Gasteiger partial charge in [0.25, 0.3) is 0 Å². The summed E-state index contributed by atoms with van der Waals surface area (Å²) in [5.74, 6) is -0.515. The lowest BCUT2D eigenvalue weighted by Gasteiger charge is -2.29. The Morgan fingerprint density at radius 2 is 1.25 bits per heavy atom. The van der Waals surface area contributed by atoms with Crippen molar-refractivity contribution in [2.75, 3.05) is 23.7 Å². The average Bonchev–Trinajstić information content (AvgIpc) is 2.76. The minimum Gasteiger partial charge on any atom is -0.338 e. The van der Waals surface area contributed by atoms with Gasteiger partial charge in [-0.3, -0.25) is 0 Å². The van der Waals surface area contributed by atoms with Gasteiger partial charge < -0.3 is 21.3 Å². The molecule has 0 saturated heterocycles. The Balaban J connectivity index is 1.38.